The third-order valence-corrected chi connectivity index (χ3v) is 15.0. The summed E-state index contributed by atoms with van der Waals surface area (Å²) in [5.41, 5.74) is 2.15. The Morgan fingerprint density at radius 1 is 0.865 bits per heavy atom. The lowest BCUT2D eigenvalue weighted by Gasteiger charge is -2.42. The van der Waals surface area contributed by atoms with Gasteiger partial charge in [-0.1, -0.05) is 48.0 Å². The monoisotopic (exact) mass is 597 g/mol. The van der Waals surface area contributed by atoms with Crippen LogP contribution in [0.4, 0.5) is 0 Å². The highest BCUT2D eigenvalue weighted by molar-refractivity contribution is 8.19. The van der Waals surface area contributed by atoms with Crippen LogP contribution in [-0.2, 0) is 16.4 Å². The molecule has 2 heterocycles. The van der Waals surface area contributed by atoms with Gasteiger partial charge in [-0.3, -0.25) is 0 Å². The number of nitrogens with one attached hydrogen (secondary N) is 1. The van der Waals surface area contributed by atoms with Crippen LogP contribution in [-0.4, -0.2) is 56.8 Å². The molecule has 4 nitrogen and oxygen atoms in total. The molecule has 0 aromatic heterocycles. The van der Waals surface area contributed by atoms with E-state index in [1.54, 1.807) is 12.1 Å². The highest BCUT2D eigenvalue weighted by atomic mass is 32.2. The first kappa shape index (κ1) is 29.7. The van der Waals surface area contributed by atoms with E-state index in [2.05, 4.69) is 23.8 Å². The highest BCUT2D eigenvalue weighted by Gasteiger charge is 2.41. The lowest BCUT2D eigenvalue weighted by Crippen LogP contribution is -2.43. The third-order valence-electron chi connectivity index (χ3n) is 6.81. The molecule has 2 aliphatic heterocycles. The van der Waals surface area contributed by atoms with Crippen LogP contribution in [0.2, 0.25) is 0 Å². The van der Waals surface area contributed by atoms with Crippen LogP contribution in [0.3, 0.4) is 0 Å². The minimum absolute atomic E-state index is 0.0549. The van der Waals surface area contributed by atoms with Gasteiger partial charge >= 0.3 is 0 Å². The summed E-state index contributed by atoms with van der Waals surface area (Å²) >= 11 is 7.78. The molecule has 2 aromatic carbocycles. The van der Waals surface area contributed by atoms with Crippen molar-refractivity contribution in [2.24, 2.45) is 0 Å². The quantitative estimate of drug-likeness (QED) is 0.304. The van der Waals surface area contributed by atoms with Gasteiger partial charge in [-0.15, -0.1) is 47.0 Å². The molecule has 0 unspecified atom stereocenters. The van der Waals surface area contributed by atoms with Gasteiger partial charge in [0.2, 0.25) is 10.0 Å². The predicted octanol–water partition coefficient (Wildman–Crippen LogP) is 6.57. The summed E-state index contributed by atoms with van der Waals surface area (Å²) in [7, 11) is -3.67. The molecule has 0 bridgehead atoms. The Labute approximate surface area is 240 Å². The largest absolute Gasteiger partial charge is 0.393 e. The molecule has 2 aromatic rings. The molecule has 2 N–H and O–H groups in total. The number of hydrogen-bond acceptors (Lipinski definition) is 7. The van der Waals surface area contributed by atoms with Crippen molar-refractivity contribution < 1.29 is 13.5 Å². The van der Waals surface area contributed by atoms with E-state index in [4.69, 9.17) is 0 Å². The second-order valence-electron chi connectivity index (χ2n) is 10.2. The fourth-order valence-electron chi connectivity index (χ4n) is 5.02. The molecular formula is C28H39NO3S5. The Bertz CT molecular complexity index is 1080. The van der Waals surface area contributed by atoms with Crippen molar-refractivity contribution in [3.8, 4) is 0 Å². The number of thioether (sulfide) groups is 4. The zero-order valence-electron chi connectivity index (χ0n) is 21.7. The molecule has 2 fully saturated rings. The SMILES string of the molecule is Cc1ccc(S(=O)(=O)N[C@H](Cc2ccccc2)CC2(C[C@@H](O)CC3(C)SCCCS3)SCCCS2)cc1. The van der Waals surface area contributed by atoms with E-state index < -0.39 is 16.1 Å². The zero-order chi connectivity index (χ0) is 26.4. The molecule has 0 spiro atoms. The van der Waals surface area contributed by atoms with Crippen LogP contribution in [0.15, 0.2) is 59.5 Å². The molecule has 2 saturated heterocycles. The standard InChI is InChI=1S/C28H39NO3S5/c1-22-10-12-26(13-11-22)37(31,32)29-24(18-23-8-4-3-5-9-23)19-28(35-16-7-17-36-28)21-25(30)20-27(2)33-14-6-15-34-27/h3-5,8-13,24-25,29-30H,6-7,14-21H2,1-2H3/t24-,25+/m1/s1. The van der Waals surface area contributed by atoms with E-state index in [-0.39, 0.29) is 14.2 Å². The minimum atomic E-state index is -3.67. The molecule has 9 heteroatoms. The van der Waals surface area contributed by atoms with Crippen LogP contribution in [0.25, 0.3) is 0 Å². The third kappa shape index (κ3) is 8.85. The van der Waals surface area contributed by atoms with Gasteiger partial charge in [-0.2, -0.15) is 0 Å². The predicted molar refractivity (Wildman–Crippen MR) is 165 cm³/mol. The molecular weight excluding hydrogens is 559 g/mol. The second-order valence-corrected chi connectivity index (χ2v) is 18.6. The van der Waals surface area contributed by atoms with E-state index in [0.717, 1.165) is 47.0 Å². The van der Waals surface area contributed by atoms with Gasteiger partial charge in [0, 0.05) is 6.04 Å². The maximum atomic E-state index is 13.4. The number of benzene rings is 2. The van der Waals surface area contributed by atoms with E-state index in [9.17, 15) is 13.5 Å². The first-order chi connectivity index (χ1) is 17.7. The Morgan fingerprint density at radius 3 is 2.08 bits per heavy atom. The van der Waals surface area contributed by atoms with Crippen molar-refractivity contribution in [3.63, 3.8) is 0 Å². The summed E-state index contributed by atoms with van der Waals surface area (Å²) in [4.78, 5) is 0.300. The van der Waals surface area contributed by atoms with Crippen molar-refractivity contribution in [2.45, 2.75) is 77.6 Å². The van der Waals surface area contributed by atoms with Crippen LogP contribution < -0.4 is 4.72 Å². The van der Waals surface area contributed by atoms with Crippen molar-refractivity contribution in [1.29, 1.82) is 0 Å². The van der Waals surface area contributed by atoms with Crippen molar-refractivity contribution in [3.05, 3.63) is 65.7 Å². The van der Waals surface area contributed by atoms with Crippen molar-refractivity contribution >= 4 is 57.1 Å². The second kappa shape index (κ2) is 13.4. The first-order valence-corrected chi connectivity index (χ1v) is 18.5. The summed E-state index contributed by atoms with van der Waals surface area (Å²) in [5.74, 6) is 4.40. The molecule has 2 atom stereocenters. The number of aliphatic hydroxyl groups excluding tert-OH is 1. The van der Waals surface area contributed by atoms with Gasteiger partial charge < -0.3 is 5.11 Å². The van der Waals surface area contributed by atoms with Crippen molar-refractivity contribution in [1.82, 2.24) is 4.72 Å². The molecule has 0 aliphatic carbocycles. The van der Waals surface area contributed by atoms with Gasteiger partial charge in [-0.05, 0) is 93.1 Å². The number of hydrogen-bond donors (Lipinski definition) is 2. The fraction of sp³-hybridized carbons (Fsp3) is 0.571. The minimum Gasteiger partial charge on any atom is -0.393 e. The van der Waals surface area contributed by atoms with Gasteiger partial charge in [0.1, 0.15) is 0 Å². The van der Waals surface area contributed by atoms with Gasteiger partial charge in [0.05, 0.1) is 19.2 Å². The summed E-state index contributed by atoms with van der Waals surface area (Å²) < 4.78 is 29.8. The lowest BCUT2D eigenvalue weighted by molar-refractivity contribution is 0.146. The molecule has 4 rings (SSSR count). The summed E-state index contributed by atoms with van der Waals surface area (Å²) in [6, 6.07) is 16.9. The highest BCUT2D eigenvalue weighted by Crippen LogP contribution is 2.51. The number of sulfonamides is 1. The zero-order valence-corrected chi connectivity index (χ0v) is 25.8. The van der Waals surface area contributed by atoms with E-state index in [0.29, 0.717) is 24.2 Å². The molecule has 2 aliphatic rings. The molecule has 0 saturated carbocycles. The summed E-state index contributed by atoms with van der Waals surface area (Å²) in [6.45, 7) is 4.23. The van der Waals surface area contributed by atoms with Crippen LogP contribution in [0.5, 0.6) is 0 Å². The molecule has 204 valence electrons. The normalized spacial score (nSPS) is 21.3. The van der Waals surface area contributed by atoms with Crippen LogP contribution >= 0.6 is 47.0 Å². The molecule has 0 radical (unpaired) electrons. The summed E-state index contributed by atoms with van der Waals surface area (Å²) in [5, 5.41) is 11.3. The maximum Gasteiger partial charge on any atom is 0.240 e. The van der Waals surface area contributed by atoms with Gasteiger partial charge in [0.25, 0.3) is 0 Å². The van der Waals surface area contributed by atoms with Crippen LogP contribution in [0.1, 0.15) is 50.2 Å². The average molecular weight is 598 g/mol. The Morgan fingerprint density at radius 2 is 1.46 bits per heavy atom. The smallest absolute Gasteiger partial charge is 0.240 e. The number of aryl methyl sites for hydroxylation is 1. The van der Waals surface area contributed by atoms with E-state index in [1.807, 2.05) is 84.3 Å². The Kier molecular flexibility index (Phi) is 10.7. The van der Waals surface area contributed by atoms with E-state index >= 15 is 0 Å². The maximum absolute atomic E-state index is 13.4. The molecule has 0 amide bonds. The first-order valence-electron chi connectivity index (χ1n) is 13.0. The Hall–Kier alpha value is -0.290. The van der Waals surface area contributed by atoms with Gasteiger partial charge in [0.15, 0.2) is 0 Å². The number of rotatable bonds is 11. The summed E-state index contributed by atoms with van der Waals surface area (Å²) in [6.07, 6.45) is 4.71. The average Bonchev–Trinajstić information content (AvgIpc) is 2.85. The van der Waals surface area contributed by atoms with Crippen LogP contribution in [0, 0.1) is 6.92 Å². The van der Waals surface area contributed by atoms with E-state index in [1.165, 1.54) is 6.42 Å². The fourth-order valence-corrected chi connectivity index (χ4v) is 12.9. The molecule has 37 heavy (non-hydrogen) atoms. The number of aliphatic hydroxyl groups is 1. The topological polar surface area (TPSA) is 66.4 Å². The van der Waals surface area contributed by atoms with Gasteiger partial charge in [-0.25, -0.2) is 13.1 Å². The lowest BCUT2D eigenvalue weighted by atomic mass is 9.98. The van der Waals surface area contributed by atoms with Crippen molar-refractivity contribution in [2.75, 3.05) is 23.0 Å². The Balaban J connectivity index is 1.55.